The summed E-state index contributed by atoms with van der Waals surface area (Å²) in [7, 11) is 1.76. The van der Waals surface area contributed by atoms with E-state index in [1.165, 1.54) is 18.1 Å². The zero-order valence-corrected chi connectivity index (χ0v) is 14.7. The zero-order valence-electron chi connectivity index (χ0n) is 12.3. The number of nitrogens with one attached hydrogen (secondary N) is 1. The molecule has 0 unspecified atom stereocenters. The maximum atomic E-state index is 13.7. The molecular formula is C14H10BrF2N5OS. The lowest BCUT2D eigenvalue weighted by Gasteiger charge is -2.08. The third-order valence-corrected chi connectivity index (χ3v) is 4.73. The molecule has 6 nitrogen and oxygen atoms in total. The fourth-order valence-electron chi connectivity index (χ4n) is 2.03. The van der Waals surface area contributed by atoms with Crippen LogP contribution in [0.15, 0.2) is 34.2 Å². The van der Waals surface area contributed by atoms with Crippen LogP contribution in [-0.2, 0) is 11.8 Å². The van der Waals surface area contributed by atoms with Crippen LogP contribution in [0.5, 0.6) is 0 Å². The molecule has 0 radical (unpaired) electrons. The fraction of sp³-hybridized carbons (Fsp3) is 0.143. The Morgan fingerprint density at radius 2 is 2.17 bits per heavy atom. The van der Waals surface area contributed by atoms with E-state index in [1.54, 1.807) is 17.9 Å². The van der Waals surface area contributed by atoms with Crippen LogP contribution in [0.4, 0.5) is 14.5 Å². The van der Waals surface area contributed by atoms with Crippen molar-refractivity contribution in [2.24, 2.45) is 7.05 Å². The van der Waals surface area contributed by atoms with Gasteiger partial charge in [0.05, 0.1) is 23.0 Å². The maximum absolute atomic E-state index is 13.7. The minimum Gasteiger partial charge on any atom is -0.322 e. The van der Waals surface area contributed by atoms with Crippen LogP contribution in [0.2, 0.25) is 0 Å². The van der Waals surface area contributed by atoms with E-state index in [0.29, 0.717) is 16.7 Å². The molecule has 1 aromatic carbocycles. The third-order valence-electron chi connectivity index (χ3n) is 3.10. The highest BCUT2D eigenvalue weighted by molar-refractivity contribution is 9.10. The SMILES string of the molecule is Cn1ncc2c(SCC(=O)Nc3c(F)cc(F)cc3Br)ncnc21. The first-order valence-corrected chi connectivity index (χ1v) is 8.43. The number of aromatic nitrogens is 4. The fourth-order valence-corrected chi connectivity index (χ4v) is 3.29. The molecule has 2 heterocycles. The van der Waals surface area contributed by atoms with Gasteiger partial charge in [0.15, 0.2) is 11.5 Å². The first kappa shape index (κ1) is 16.8. The third kappa shape index (κ3) is 3.39. The number of nitrogens with zero attached hydrogens (tertiary/aromatic N) is 4. The van der Waals surface area contributed by atoms with Crippen LogP contribution in [0, 0.1) is 11.6 Å². The largest absolute Gasteiger partial charge is 0.322 e. The Labute approximate surface area is 147 Å². The lowest BCUT2D eigenvalue weighted by Crippen LogP contribution is -2.15. The lowest BCUT2D eigenvalue weighted by molar-refractivity contribution is -0.113. The number of carbonyl (C=O) groups is 1. The van der Waals surface area contributed by atoms with Gasteiger partial charge in [0.25, 0.3) is 0 Å². The van der Waals surface area contributed by atoms with E-state index in [4.69, 9.17) is 0 Å². The highest BCUT2D eigenvalue weighted by atomic mass is 79.9. The highest BCUT2D eigenvalue weighted by Crippen LogP contribution is 2.28. The second-order valence-corrected chi connectivity index (χ2v) is 6.58. The second kappa shape index (κ2) is 6.81. The van der Waals surface area contributed by atoms with E-state index >= 15 is 0 Å². The predicted molar refractivity (Wildman–Crippen MR) is 89.7 cm³/mol. The van der Waals surface area contributed by atoms with Gasteiger partial charge in [0.1, 0.15) is 17.2 Å². The number of aryl methyl sites for hydroxylation is 1. The van der Waals surface area contributed by atoms with E-state index in [-0.39, 0.29) is 15.9 Å². The minimum absolute atomic E-state index is 0.00423. The average molecular weight is 414 g/mol. The molecule has 1 amide bonds. The first-order valence-electron chi connectivity index (χ1n) is 6.65. The van der Waals surface area contributed by atoms with Crippen molar-refractivity contribution in [3.8, 4) is 0 Å². The lowest BCUT2D eigenvalue weighted by atomic mass is 10.3. The Morgan fingerprint density at radius 3 is 2.92 bits per heavy atom. The molecule has 0 aliphatic rings. The number of hydrogen-bond acceptors (Lipinski definition) is 5. The van der Waals surface area contributed by atoms with Crippen LogP contribution in [0.3, 0.4) is 0 Å². The van der Waals surface area contributed by atoms with Gasteiger partial charge in [-0.2, -0.15) is 5.10 Å². The van der Waals surface area contributed by atoms with Crippen molar-refractivity contribution in [2.45, 2.75) is 5.03 Å². The van der Waals surface area contributed by atoms with Crippen molar-refractivity contribution in [3.63, 3.8) is 0 Å². The van der Waals surface area contributed by atoms with Crippen LogP contribution in [0.1, 0.15) is 0 Å². The maximum Gasteiger partial charge on any atom is 0.234 e. The van der Waals surface area contributed by atoms with Crippen molar-refractivity contribution in [3.05, 3.63) is 40.8 Å². The smallest absolute Gasteiger partial charge is 0.234 e. The molecular weight excluding hydrogens is 404 g/mol. The van der Waals surface area contributed by atoms with Gasteiger partial charge >= 0.3 is 0 Å². The van der Waals surface area contributed by atoms with Crippen LogP contribution >= 0.6 is 27.7 Å². The van der Waals surface area contributed by atoms with E-state index in [9.17, 15) is 13.6 Å². The summed E-state index contributed by atoms with van der Waals surface area (Å²) in [6, 6.07) is 1.78. The average Bonchev–Trinajstić information content (AvgIpc) is 2.91. The van der Waals surface area contributed by atoms with Crippen molar-refractivity contribution in [1.82, 2.24) is 19.7 Å². The summed E-state index contributed by atoms with van der Waals surface area (Å²) in [5.74, 6) is -2.02. The van der Waals surface area contributed by atoms with Gasteiger partial charge < -0.3 is 5.32 Å². The number of thioether (sulfide) groups is 1. The summed E-state index contributed by atoms with van der Waals surface area (Å²) in [6.45, 7) is 0. The molecule has 124 valence electrons. The number of rotatable bonds is 4. The number of anilines is 1. The molecule has 2 aromatic heterocycles. The molecule has 0 spiro atoms. The molecule has 0 aliphatic heterocycles. The summed E-state index contributed by atoms with van der Waals surface area (Å²) in [6.07, 6.45) is 3.01. The van der Waals surface area contributed by atoms with Crippen molar-refractivity contribution >= 4 is 50.3 Å². The van der Waals surface area contributed by atoms with Gasteiger partial charge in [-0.1, -0.05) is 11.8 Å². The van der Waals surface area contributed by atoms with E-state index in [2.05, 4.69) is 36.3 Å². The van der Waals surface area contributed by atoms with Crippen molar-refractivity contribution in [1.29, 1.82) is 0 Å². The molecule has 10 heteroatoms. The van der Waals surface area contributed by atoms with E-state index in [1.807, 2.05) is 0 Å². The van der Waals surface area contributed by atoms with Crippen LogP contribution < -0.4 is 5.32 Å². The number of fused-ring (bicyclic) bond motifs is 1. The molecule has 0 aliphatic carbocycles. The quantitative estimate of drug-likeness (QED) is 0.525. The molecule has 3 aromatic rings. The van der Waals surface area contributed by atoms with Crippen LogP contribution in [0.25, 0.3) is 11.0 Å². The molecule has 0 saturated carbocycles. The molecule has 0 atom stereocenters. The molecule has 1 N–H and O–H groups in total. The topological polar surface area (TPSA) is 72.7 Å². The van der Waals surface area contributed by atoms with Gasteiger partial charge in [-0.25, -0.2) is 18.7 Å². The van der Waals surface area contributed by atoms with Crippen molar-refractivity contribution in [2.75, 3.05) is 11.1 Å². The van der Waals surface area contributed by atoms with Gasteiger partial charge in [-0.3, -0.25) is 9.48 Å². The second-order valence-electron chi connectivity index (χ2n) is 4.77. The summed E-state index contributed by atoms with van der Waals surface area (Å²) in [5.41, 5.74) is 0.552. The Kier molecular flexibility index (Phi) is 4.76. The molecule has 0 fully saturated rings. The minimum atomic E-state index is -0.850. The zero-order chi connectivity index (χ0) is 17.3. The summed E-state index contributed by atoms with van der Waals surface area (Å²) >= 11 is 4.20. The monoisotopic (exact) mass is 413 g/mol. The molecule has 0 bridgehead atoms. The summed E-state index contributed by atoms with van der Waals surface area (Å²) in [4.78, 5) is 20.3. The van der Waals surface area contributed by atoms with E-state index in [0.717, 1.165) is 11.5 Å². The number of carbonyl (C=O) groups excluding carboxylic acids is 1. The molecule has 0 saturated heterocycles. The summed E-state index contributed by atoms with van der Waals surface area (Å²) < 4.78 is 28.5. The van der Waals surface area contributed by atoms with Crippen molar-refractivity contribution < 1.29 is 13.6 Å². The predicted octanol–water partition coefficient (Wildman–Crippen LogP) is 3.13. The highest BCUT2D eigenvalue weighted by Gasteiger charge is 2.14. The number of halogens is 3. The number of hydrogen-bond donors (Lipinski definition) is 1. The molecule has 24 heavy (non-hydrogen) atoms. The molecule has 3 rings (SSSR count). The Hall–Kier alpha value is -2.07. The van der Waals surface area contributed by atoms with Crippen LogP contribution in [-0.4, -0.2) is 31.4 Å². The summed E-state index contributed by atoms with van der Waals surface area (Å²) in [5, 5.41) is 7.84. The van der Waals surface area contributed by atoms with E-state index < -0.39 is 17.5 Å². The first-order chi connectivity index (χ1) is 11.5. The van der Waals surface area contributed by atoms with Gasteiger partial charge in [-0.15, -0.1) is 0 Å². The Balaban J connectivity index is 1.72. The Bertz CT molecular complexity index is 910. The van der Waals surface area contributed by atoms with Gasteiger partial charge in [-0.05, 0) is 22.0 Å². The van der Waals surface area contributed by atoms with Gasteiger partial charge in [0, 0.05) is 17.6 Å². The number of amides is 1. The standard InChI is InChI=1S/C14H10BrF2N5OS/c1-22-13-8(4-20-22)14(19-6-18-13)24-5-11(23)21-12-9(15)2-7(16)3-10(12)17/h2-4,6H,5H2,1H3,(H,21,23). The number of benzene rings is 1. The Morgan fingerprint density at radius 1 is 1.38 bits per heavy atom. The van der Waals surface area contributed by atoms with Gasteiger partial charge in [0.2, 0.25) is 5.91 Å². The normalized spacial score (nSPS) is 11.0.